The molecule has 5 nitrogen and oxygen atoms in total. The van der Waals surface area contributed by atoms with E-state index in [0.717, 1.165) is 25.5 Å². The third-order valence-corrected chi connectivity index (χ3v) is 2.78. The molecule has 2 rings (SSSR count). The zero-order chi connectivity index (χ0) is 11.9. The first-order valence-corrected chi connectivity index (χ1v) is 5.99. The molecule has 2 heterocycles. The molecule has 17 heavy (non-hydrogen) atoms. The molecule has 0 saturated carbocycles. The smallest absolute Gasteiger partial charge is 0.122 e. The van der Waals surface area contributed by atoms with E-state index in [2.05, 4.69) is 19.9 Å². The van der Waals surface area contributed by atoms with E-state index in [1.54, 1.807) is 0 Å². The number of imidazole rings is 2. The number of aryl methyl sites for hydroxylation is 2. The summed E-state index contributed by atoms with van der Waals surface area (Å²) in [6, 6.07) is 0. The van der Waals surface area contributed by atoms with Crippen LogP contribution in [0.5, 0.6) is 0 Å². The Balaban J connectivity index is 1.54. The van der Waals surface area contributed by atoms with Crippen LogP contribution in [0.3, 0.4) is 0 Å². The van der Waals surface area contributed by atoms with Crippen LogP contribution in [-0.4, -0.2) is 25.6 Å². The van der Waals surface area contributed by atoms with Crippen LogP contribution in [0, 0.1) is 0 Å². The van der Waals surface area contributed by atoms with Crippen molar-refractivity contribution in [3.05, 3.63) is 36.9 Å². The Bertz CT molecular complexity index is 418. The van der Waals surface area contributed by atoms with Gasteiger partial charge in [0.15, 0.2) is 0 Å². The fraction of sp³-hybridized carbons (Fsp3) is 0.500. The molecule has 0 saturated heterocycles. The first kappa shape index (κ1) is 11.9. The minimum Gasteiger partial charge on any atom is -0.337 e. The largest absolute Gasteiger partial charge is 0.337 e. The van der Waals surface area contributed by atoms with Crippen molar-refractivity contribution in [1.82, 2.24) is 24.4 Å². The molecule has 1 N–H and O–H groups in total. The van der Waals surface area contributed by atoms with Crippen molar-refractivity contribution < 1.29 is 0 Å². The molecule has 0 aliphatic carbocycles. The van der Waals surface area contributed by atoms with Crippen LogP contribution >= 0.6 is 0 Å². The topological polar surface area (TPSA) is 47.7 Å². The zero-order valence-corrected chi connectivity index (χ0v) is 10.2. The normalized spacial score (nSPS) is 10.9. The Morgan fingerprint density at radius 3 is 2.88 bits per heavy atom. The standard InChI is InChI=1S/C12H19N5/c1-16-8-6-15-12(16)10-13-4-2-3-7-17-9-5-14-11-17/h5-6,8-9,11,13H,2-4,7,10H2,1H3. The quantitative estimate of drug-likeness (QED) is 0.731. The van der Waals surface area contributed by atoms with Crippen molar-refractivity contribution in [3.8, 4) is 0 Å². The first-order chi connectivity index (χ1) is 8.36. The molecule has 0 amide bonds. The highest BCUT2D eigenvalue weighted by Crippen LogP contribution is 1.96. The second-order valence-corrected chi connectivity index (χ2v) is 4.14. The summed E-state index contributed by atoms with van der Waals surface area (Å²) < 4.78 is 4.15. The highest BCUT2D eigenvalue weighted by molar-refractivity contribution is 4.90. The Kier molecular flexibility index (Phi) is 4.32. The Morgan fingerprint density at radius 2 is 2.18 bits per heavy atom. The lowest BCUT2D eigenvalue weighted by Gasteiger charge is -2.05. The van der Waals surface area contributed by atoms with Crippen molar-refractivity contribution in [1.29, 1.82) is 0 Å². The van der Waals surface area contributed by atoms with Gasteiger partial charge in [-0.2, -0.15) is 0 Å². The fourth-order valence-corrected chi connectivity index (χ4v) is 1.73. The highest BCUT2D eigenvalue weighted by atomic mass is 15.1. The van der Waals surface area contributed by atoms with E-state index >= 15 is 0 Å². The molecule has 0 spiro atoms. The predicted octanol–water partition coefficient (Wildman–Crippen LogP) is 1.19. The molecule has 0 fully saturated rings. The van der Waals surface area contributed by atoms with E-state index in [4.69, 9.17) is 0 Å². The second-order valence-electron chi connectivity index (χ2n) is 4.14. The molecular weight excluding hydrogens is 214 g/mol. The highest BCUT2D eigenvalue weighted by Gasteiger charge is 1.97. The van der Waals surface area contributed by atoms with Crippen LogP contribution in [-0.2, 0) is 20.1 Å². The Morgan fingerprint density at radius 1 is 1.24 bits per heavy atom. The van der Waals surface area contributed by atoms with Gasteiger partial charge in [0, 0.05) is 38.4 Å². The van der Waals surface area contributed by atoms with Crippen LogP contribution < -0.4 is 5.32 Å². The van der Waals surface area contributed by atoms with Gasteiger partial charge < -0.3 is 14.5 Å². The summed E-state index contributed by atoms with van der Waals surface area (Å²) in [6.45, 7) is 2.92. The molecule has 0 unspecified atom stereocenters. The van der Waals surface area contributed by atoms with Crippen LogP contribution in [0.25, 0.3) is 0 Å². The number of aromatic nitrogens is 4. The molecule has 0 bridgehead atoms. The molecule has 0 aromatic carbocycles. The van der Waals surface area contributed by atoms with E-state index in [9.17, 15) is 0 Å². The minimum atomic E-state index is 0.842. The third kappa shape index (κ3) is 3.71. The van der Waals surface area contributed by atoms with Gasteiger partial charge in [0.1, 0.15) is 5.82 Å². The lowest BCUT2D eigenvalue weighted by atomic mass is 10.3. The maximum absolute atomic E-state index is 4.26. The molecule has 2 aromatic heterocycles. The average molecular weight is 233 g/mol. The van der Waals surface area contributed by atoms with Gasteiger partial charge >= 0.3 is 0 Å². The zero-order valence-electron chi connectivity index (χ0n) is 10.2. The molecule has 92 valence electrons. The minimum absolute atomic E-state index is 0.842. The maximum atomic E-state index is 4.26. The summed E-state index contributed by atoms with van der Waals surface area (Å²) in [4.78, 5) is 8.28. The molecule has 0 atom stereocenters. The monoisotopic (exact) mass is 233 g/mol. The van der Waals surface area contributed by atoms with Gasteiger partial charge in [-0.1, -0.05) is 0 Å². The third-order valence-electron chi connectivity index (χ3n) is 2.78. The second kappa shape index (κ2) is 6.20. The van der Waals surface area contributed by atoms with Crippen molar-refractivity contribution in [2.75, 3.05) is 6.54 Å². The van der Waals surface area contributed by atoms with Crippen molar-refractivity contribution in [2.24, 2.45) is 7.05 Å². The summed E-state index contributed by atoms with van der Waals surface area (Å²) in [5, 5.41) is 3.40. The molecule has 5 heteroatoms. The molecule has 0 radical (unpaired) electrons. The Labute approximate surface area is 102 Å². The van der Waals surface area contributed by atoms with Gasteiger partial charge in [-0.05, 0) is 19.4 Å². The van der Waals surface area contributed by atoms with E-state index in [1.165, 1.54) is 12.8 Å². The van der Waals surface area contributed by atoms with Crippen molar-refractivity contribution in [3.63, 3.8) is 0 Å². The summed E-state index contributed by atoms with van der Waals surface area (Å²) in [7, 11) is 2.02. The van der Waals surface area contributed by atoms with Gasteiger partial charge in [0.2, 0.25) is 0 Å². The maximum Gasteiger partial charge on any atom is 0.122 e. The Hall–Kier alpha value is -1.62. The van der Waals surface area contributed by atoms with Gasteiger partial charge in [-0.15, -0.1) is 0 Å². The van der Waals surface area contributed by atoms with Gasteiger partial charge in [0.25, 0.3) is 0 Å². The molecule has 0 aliphatic heterocycles. The van der Waals surface area contributed by atoms with E-state index < -0.39 is 0 Å². The summed E-state index contributed by atoms with van der Waals surface area (Å²) in [5.41, 5.74) is 0. The van der Waals surface area contributed by atoms with Gasteiger partial charge in [-0.3, -0.25) is 0 Å². The number of rotatable bonds is 7. The van der Waals surface area contributed by atoms with Crippen LogP contribution in [0.2, 0.25) is 0 Å². The number of nitrogens with zero attached hydrogens (tertiary/aromatic N) is 4. The van der Waals surface area contributed by atoms with Crippen LogP contribution in [0.15, 0.2) is 31.1 Å². The lowest BCUT2D eigenvalue weighted by Crippen LogP contribution is -2.17. The van der Waals surface area contributed by atoms with Crippen molar-refractivity contribution >= 4 is 0 Å². The van der Waals surface area contributed by atoms with Crippen molar-refractivity contribution in [2.45, 2.75) is 25.9 Å². The van der Waals surface area contributed by atoms with Crippen LogP contribution in [0.1, 0.15) is 18.7 Å². The van der Waals surface area contributed by atoms with Gasteiger partial charge in [0.05, 0.1) is 12.9 Å². The summed E-state index contributed by atoms with van der Waals surface area (Å²) in [6.07, 6.45) is 11.8. The van der Waals surface area contributed by atoms with Gasteiger partial charge in [-0.25, -0.2) is 9.97 Å². The number of hydrogen-bond donors (Lipinski definition) is 1. The fourth-order valence-electron chi connectivity index (χ4n) is 1.73. The summed E-state index contributed by atoms with van der Waals surface area (Å²) >= 11 is 0. The molecule has 0 aliphatic rings. The molecule has 2 aromatic rings. The lowest BCUT2D eigenvalue weighted by molar-refractivity contribution is 0.556. The first-order valence-electron chi connectivity index (χ1n) is 5.99. The van der Waals surface area contributed by atoms with E-state index in [1.807, 2.05) is 42.7 Å². The average Bonchev–Trinajstić information content (AvgIpc) is 2.95. The predicted molar refractivity (Wildman–Crippen MR) is 66.4 cm³/mol. The number of nitrogens with one attached hydrogen (secondary N) is 1. The SMILES string of the molecule is Cn1ccnc1CNCCCCn1ccnc1. The van der Waals surface area contributed by atoms with E-state index in [0.29, 0.717) is 0 Å². The van der Waals surface area contributed by atoms with E-state index in [-0.39, 0.29) is 0 Å². The number of hydrogen-bond acceptors (Lipinski definition) is 3. The summed E-state index contributed by atoms with van der Waals surface area (Å²) in [5.74, 6) is 1.08. The number of unbranched alkanes of at least 4 members (excludes halogenated alkanes) is 1. The molecular formula is C12H19N5. The van der Waals surface area contributed by atoms with Crippen LogP contribution in [0.4, 0.5) is 0 Å².